The van der Waals surface area contributed by atoms with Crippen LogP contribution in [0.2, 0.25) is 0 Å². The predicted octanol–water partition coefficient (Wildman–Crippen LogP) is -1.33. The number of sulfonamides is 1. The van der Waals surface area contributed by atoms with Gasteiger partial charge in [-0.2, -0.15) is 0 Å². The molecule has 5 nitrogen and oxygen atoms in total. The molecular formula is C6H15NO4S. The van der Waals surface area contributed by atoms with Gasteiger partial charge in [-0.15, -0.1) is 0 Å². The van der Waals surface area contributed by atoms with Crippen molar-refractivity contribution in [3.63, 3.8) is 0 Å². The molecule has 0 amide bonds. The Labute approximate surface area is 72.5 Å². The molecular weight excluding hydrogens is 182 g/mol. The number of nitrogens with one attached hydrogen (secondary N) is 1. The second-order valence-electron chi connectivity index (χ2n) is 2.88. The topological polar surface area (TPSA) is 86.6 Å². The van der Waals surface area contributed by atoms with Gasteiger partial charge in [0.25, 0.3) is 0 Å². The maximum atomic E-state index is 10.9. The minimum atomic E-state index is -3.28. The molecule has 3 N–H and O–H groups in total. The Balaban J connectivity index is 4.00. The molecule has 0 heterocycles. The van der Waals surface area contributed by atoms with Crippen LogP contribution in [-0.2, 0) is 10.0 Å². The summed E-state index contributed by atoms with van der Waals surface area (Å²) in [6.07, 6.45) is 0. The first-order chi connectivity index (χ1) is 5.33. The van der Waals surface area contributed by atoms with Gasteiger partial charge in [0.15, 0.2) is 0 Å². The minimum Gasteiger partial charge on any atom is -0.393 e. The molecule has 0 aromatic rings. The third kappa shape index (κ3) is 4.66. The zero-order chi connectivity index (χ0) is 9.83. The van der Waals surface area contributed by atoms with E-state index in [4.69, 9.17) is 5.11 Å². The Bertz CT molecular complexity index is 222. The van der Waals surface area contributed by atoms with E-state index in [-0.39, 0.29) is 12.3 Å². The Kier molecular flexibility index (Phi) is 4.12. The average Bonchev–Trinajstić information content (AvgIpc) is 2.02. The highest BCUT2D eigenvalue weighted by Gasteiger charge is 2.21. The normalized spacial score (nSPS) is 17.3. The molecule has 0 aromatic carbocycles. The zero-order valence-corrected chi connectivity index (χ0v) is 8.06. The van der Waals surface area contributed by atoms with Gasteiger partial charge < -0.3 is 10.2 Å². The van der Waals surface area contributed by atoms with Gasteiger partial charge in [0.05, 0.1) is 18.0 Å². The lowest BCUT2D eigenvalue weighted by atomic mass is 10.1. The molecule has 0 aliphatic heterocycles. The van der Waals surface area contributed by atoms with E-state index in [0.717, 1.165) is 0 Å². The van der Waals surface area contributed by atoms with Crippen LogP contribution in [0, 0.1) is 0 Å². The Hall–Kier alpha value is -0.170. The highest BCUT2D eigenvalue weighted by molar-refractivity contribution is 7.89. The van der Waals surface area contributed by atoms with Crippen LogP contribution in [0.1, 0.15) is 13.8 Å². The van der Waals surface area contributed by atoms with Crippen LogP contribution in [-0.4, -0.2) is 43.1 Å². The largest absolute Gasteiger partial charge is 0.393 e. The number of hydrogen-bond acceptors (Lipinski definition) is 4. The average molecular weight is 197 g/mol. The summed E-state index contributed by atoms with van der Waals surface area (Å²) in [6.45, 7) is 2.21. The van der Waals surface area contributed by atoms with Gasteiger partial charge in [-0.05, 0) is 13.8 Å². The standard InChI is InChI=1S/C6H15NO4S/c1-3-12(10,11)7-4-6(2,9)5-8/h7-9H,3-5H2,1-2H3. The van der Waals surface area contributed by atoms with Gasteiger partial charge in [0, 0.05) is 6.54 Å². The van der Waals surface area contributed by atoms with Crippen molar-refractivity contribution >= 4 is 10.0 Å². The molecule has 0 aromatic heterocycles. The first-order valence-corrected chi connectivity index (χ1v) is 5.29. The van der Waals surface area contributed by atoms with E-state index in [1.54, 1.807) is 0 Å². The van der Waals surface area contributed by atoms with Crippen molar-refractivity contribution in [2.24, 2.45) is 0 Å². The van der Waals surface area contributed by atoms with Gasteiger partial charge in [-0.1, -0.05) is 0 Å². The monoisotopic (exact) mass is 197 g/mol. The molecule has 0 saturated heterocycles. The van der Waals surface area contributed by atoms with E-state index in [9.17, 15) is 13.5 Å². The highest BCUT2D eigenvalue weighted by Crippen LogP contribution is 1.99. The lowest BCUT2D eigenvalue weighted by molar-refractivity contribution is 0.00682. The van der Waals surface area contributed by atoms with Crippen LogP contribution in [0.15, 0.2) is 0 Å². The first-order valence-electron chi connectivity index (χ1n) is 3.63. The van der Waals surface area contributed by atoms with E-state index >= 15 is 0 Å². The molecule has 0 rings (SSSR count). The van der Waals surface area contributed by atoms with Crippen LogP contribution in [0.25, 0.3) is 0 Å². The van der Waals surface area contributed by atoms with E-state index in [1.807, 2.05) is 0 Å². The second kappa shape index (κ2) is 4.18. The molecule has 0 bridgehead atoms. The van der Waals surface area contributed by atoms with Crippen molar-refractivity contribution < 1.29 is 18.6 Å². The van der Waals surface area contributed by atoms with E-state index in [1.165, 1.54) is 13.8 Å². The van der Waals surface area contributed by atoms with Crippen LogP contribution in [0.4, 0.5) is 0 Å². The Morgan fingerprint density at radius 1 is 1.50 bits per heavy atom. The minimum absolute atomic E-state index is 0.0332. The zero-order valence-electron chi connectivity index (χ0n) is 7.24. The lowest BCUT2D eigenvalue weighted by Gasteiger charge is -2.20. The van der Waals surface area contributed by atoms with Crippen molar-refractivity contribution in [2.75, 3.05) is 18.9 Å². The number of aliphatic hydroxyl groups is 2. The summed E-state index contributed by atoms with van der Waals surface area (Å²) in [5.74, 6) is -0.0332. The highest BCUT2D eigenvalue weighted by atomic mass is 32.2. The smallest absolute Gasteiger partial charge is 0.211 e. The van der Waals surface area contributed by atoms with Crippen molar-refractivity contribution in [3.8, 4) is 0 Å². The molecule has 0 radical (unpaired) electrons. The molecule has 0 aliphatic carbocycles. The van der Waals surface area contributed by atoms with Gasteiger partial charge in [-0.25, -0.2) is 13.1 Å². The van der Waals surface area contributed by atoms with Gasteiger partial charge >= 0.3 is 0 Å². The van der Waals surface area contributed by atoms with Gasteiger partial charge in [0.1, 0.15) is 0 Å². The second-order valence-corrected chi connectivity index (χ2v) is 4.98. The van der Waals surface area contributed by atoms with E-state index in [2.05, 4.69) is 4.72 Å². The van der Waals surface area contributed by atoms with Gasteiger partial charge in [0.2, 0.25) is 10.0 Å². The van der Waals surface area contributed by atoms with Crippen molar-refractivity contribution in [1.29, 1.82) is 0 Å². The fourth-order valence-electron chi connectivity index (χ4n) is 0.423. The van der Waals surface area contributed by atoms with E-state index < -0.39 is 22.2 Å². The molecule has 0 aliphatic rings. The number of aliphatic hydroxyl groups excluding tert-OH is 1. The maximum Gasteiger partial charge on any atom is 0.211 e. The number of rotatable bonds is 5. The summed E-state index contributed by atoms with van der Waals surface area (Å²) in [5.41, 5.74) is -1.39. The molecule has 0 spiro atoms. The molecule has 12 heavy (non-hydrogen) atoms. The number of hydrogen-bond donors (Lipinski definition) is 3. The third-order valence-electron chi connectivity index (χ3n) is 1.39. The van der Waals surface area contributed by atoms with E-state index in [0.29, 0.717) is 0 Å². The summed E-state index contributed by atoms with van der Waals surface area (Å²) in [4.78, 5) is 0. The molecule has 74 valence electrons. The molecule has 6 heteroatoms. The first kappa shape index (κ1) is 11.8. The van der Waals surface area contributed by atoms with Crippen LogP contribution in [0.5, 0.6) is 0 Å². The summed E-state index contributed by atoms with van der Waals surface area (Å²) in [7, 11) is -3.28. The summed E-state index contributed by atoms with van der Waals surface area (Å²) >= 11 is 0. The Morgan fingerprint density at radius 2 is 2.00 bits per heavy atom. The maximum absolute atomic E-state index is 10.9. The van der Waals surface area contributed by atoms with Crippen LogP contribution >= 0.6 is 0 Å². The summed E-state index contributed by atoms with van der Waals surface area (Å²) in [5, 5.41) is 17.8. The summed E-state index contributed by atoms with van der Waals surface area (Å²) in [6, 6.07) is 0. The summed E-state index contributed by atoms with van der Waals surface area (Å²) < 4.78 is 23.9. The van der Waals surface area contributed by atoms with Crippen LogP contribution < -0.4 is 4.72 Å². The molecule has 1 atom stereocenters. The molecule has 0 fully saturated rings. The van der Waals surface area contributed by atoms with Crippen molar-refractivity contribution in [3.05, 3.63) is 0 Å². The predicted molar refractivity (Wildman–Crippen MR) is 45.2 cm³/mol. The third-order valence-corrected chi connectivity index (χ3v) is 2.74. The fourth-order valence-corrected chi connectivity index (χ4v) is 1.16. The lowest BCUT2D eigenvalue weighted by Crippen LogP contribution is -2.43. The van der Waals surface area contributed by atoms with Crippen LogP contribution in [0.3, 0.4) is 0 Å². The fraction of sp³-hybridized carbons (Fsp3) is 1.00. The van der Waals surface area contributed by atoms with Gasteiger partial charge in [-0.3, -0.25) is 0 Å². The molecule has 1 unspecified atom stereocenters. The SMILES string of the molecule is CCS(=O)(=O)NCC(C)(O)CO. The molecule has 0 saturated carbocycles. The van der Waals surface area contributed by atoms with Crippen molar-refractivity contribution in [2.45, 2.75) is 19.4 Å². The Morgan fingerprint density at radius 3 is 2.33 bits per heavy atom. The quantitative estimate of drug-likeness (QED) is 0.509. The van der Waals surface area contributed by atoms with Crippen molar-refractivity contribution in [1.82, 2.24) is 4.72 Å².